The van der Waals surface area contributed by atoms with E-state index in [0.29, 0.717) is 32.5 Å². The molecule has 58 heavy (non-hydrogen) atoms. The molecule has 0 aliphatic carbocycles. The number of esters is 1. The monoisotopic (exact) mass is 826 g/mol. The minimum atomic E-state index is -1.58. The van der Waals surface area contributed by atoms with E-state index >= 15 is 0 Å². The van der Waals surface area contributed by atoms with Gasteiger partial charge in [0, 0.05) is 32.8 Å². The highest BCUT2D eigenvalue weighted by Crippen LogP contribution is 2.14. The van der Waals surface area contributed by atoms with Crippen molar-refractivity contribution in [1.29, 1.82) is 0 Å². The minimum absolute atomic E-state index is 0.0123. The number of ether oxygens (including phenoxy) is 3. The summed E-state index contributed by atoms with van der Waals surface area (Å²) in [6, 6.07) is -6.10. The first-order valence-electron chi connectivity index (χ1n) is 20.9. The van der Waals surface area contributed by atoms with Gasteiger partial charge in [-0.15, -0.1) is 0 Å². The maximum Gasteiger partial charge on any atom is 0.328 e. The Morgan fingerprint density at radius 2 is 1.24 bits per heavy atom. The van der Waals surface area contributed by atoms with Crippen molar-refractivity contribution in [3.05, 3.63) is 0 Å². The number of amides is 6. The quantitative estimate of drug-likeness (QED) is 0.132. The van der Waals surface area contributed by atoms with E-state index in [2.05, 4.69) is 31.9 Å². The van der Waals surface area contributed by atoms with Crippen LogP contribution >= 0.6 is 0 Å². The van der Waals surface area contributed by atoms with Gasteiger partial charge in [0.05, 0.1) is 13.2 Å². The van der Waals surface area contributed by atoms with Crippen LogP contribution in [0, 0.1) is 23.7 Å². The lowest BCUT2D eigenvalue weighted by Crippen LogP contribution is -2.63. The van der Waals surface area contributed by atoms with Gasteiger partial charge in [-0.25, -0.2) is 4.79 Å². The van der Waals surface area contributed by atoms with E-state index in [1.165, 1.54) is 21.0 Å². The molecule has 1 heterocycles. The molecule has 0 aromatic rings. The maximum atomic E-state index is 13.9. The summed E-state index contributed by atoms with van der Waals surface area (Å²) < 4.78 is 16.5. The van der Waals surface area contributed by atoms with Crippen molar-refractivity contribution in [2.24, 2.45) is 29.4 Å². The second-order valence-electron chi connectivity index (χ2n) is 17.5. The van der Waals surface area contributed by atoms with Gasteiger partial charge in [0.2, 0.25) is 35.4 Å². The number of carbonyl (C=O) groups excluding carboxylic acids is 7. The van der Waals surface area contributed by atoms with Gasteiger partial charge in [0.15, 0.2) is 0 Å². The first-order chi connectivity index (χ1) is 27.1. The Bertz CT molecular complexity index is 1340. The molecule has 3 unspecified atom stereocenters. The molecule has 1 aliphatic rings. The lowest BCUT2D eigenvalue weighted by molar-refractivity contribution is -0.146. The van der Waals surface area contributed by atoms with Crippen LogP contribution in [0.5, 0.6) is 0 Å². The summed E-state index contributed by atoms with van der Waals surface area (Å²) >= 11 is 0. The predicted molar refractivity (Wildman–Crippen MR) is 220 cm³/mol. The van der Waals surface area contributed by atoms with E-state index in [9.17, 15) is 33.6 Å². The number of nitrogens with one attached hydrogen (secondary N) is 6. The number of hydrogen-bond acceptors (Lipinski definition) is 11. The van der Waals surface area contributed by atoms with Crippen molar-refractivity contribution >= 4 is 41.4 Å². The highest BCUT2D eigenvalue weighted by atomic mass is 16.5. The van der Waals surface area contributed by atoms with Crippen LogP contribution in [0.2, 0.25) is 0 Å². The van der Waals surface area contributed by atoms with Crippen LogP contribution in [-0.2, 0) is 47.8 Å². The Kier molecular flexibility index (Phi) is 23.7. The number of carbonyl (C=O) groups is 7. The van der Waals surface area contributed by atoms with Crippen molar-refractivity contribution in [1.82, 2.24) is 31.9 Å². The van der Waals surface area contributed by atoms with Crippen LogP contribution in [0.4, 0.5) is 0 Å². The van der Waals surface area contributed by atoms with E-state index in [-0.39, 0.29) is 69.0 Å². The van der Waals surface area contributed by atoms with Crippen molar-refractivity contribution in [2.75, 3.05) is 33.5 Å². The number of rotatable bonds is 13. The molecule has 0 aromatic carbocycles. The Labute approximate surface area is 345 Å². The Hall–Kier alpha value is -3.83. The van der Waals surface area contributed by atoms with E-state index in [0.717, 1.165) is 0 Å². The Morgan fingerprint density at radius 1 is 0.724 bits per heavy atom. The van der Waals surface area contributed by atoms with Gasteiger partial charge in [-0.2, -0.15) is 0 Å². The standard InChI is InChI=1S/C41H75N7O10/c1-24(2)20-28(42)34(49)45-31(21-25(3)4)35(50)43-29-14-18-57-16-12-13-17-58-19-15-30(39(54)56-11)44-36(51)32(22-26(5)6)46-37(52)33(23-27(7)8)47-40(55)41(9,10)48-38(29)53/h24-33H,12-23,42H2,1-11H3,(H,43,50)(H,44,51)(H,45,49)(H,46,52)(H,47,55)(H,48,53)/t28-,29?,30?,31-,32?,33-/m0/s1. The third-order valence-electron chi connectivity index (χ3n) is 9.44. The van der Waals surface area contributed by atoms with Gasteiger partial charge >= 0.3 is 5.97 Å². The molecule has 334 valence electrons. The third kappa shape index (κ3) is 20.2. The summed E-state index contributed by atoms with van der Waals surface area (Å²) in [6.45, 7) is 19.1. The van der Waals surface area contributed by atoms with Crippen LogP contribution < -0.4 is 37.6 Å². The fourth-order valence-corrected chi connectivity index (χ4v) is 6.28. The molecular formula is C41H75N7O10. The van der Waals surface area contributed by atoms with Gasteiger partial charge in [0.1, 0.15) is 35.7 Å². The lowest BCUT2D eigenvalue weighted by atomic mass is 9.97. The lowest BCUT2D eigenvalue weighted by Gasteiger charge is -2.31. The highest BCUT2D eigenvalue weighted by Gasteiger charge is 2.37. The average molecular weight is 826 g/mol. The summed E-state index contributed by atoms with van der Waals surface area (Å²) in [5.74, 6) is -4.17. The minimum Gasteiger partial charge on any atom is -0.467 e. The molecule has 0 radical (unpaired) electrons. The molecular weight excluding hydrogens is 750 g/mol. The second kappa shape index (κ2) is 26.3. The average Bonchev–Trinajstić information content (AvgIpc) is 3.11. The smallest absolute Gasteiger partial charge is 0.328 e. The Balaban J connectivity index is 3.47. The SMILES string of the molecule is COC(=O)C1CCOCCCCOCCC(NC(=O)[C@H](CC(C)C)NC(=O)[C@@H](N)CC(C)C)C(=O)NC(C)(C)C(=O)N[C@@H](CC(C)C)C(=O)NC(CC(C)C)C(=O)N1. The maximum absolute atomic E-state index is 13.9. The topological polar surface area (TPSA) is 245 Å². The van der Waals surface area contributed by atoms with Crippen LogP contribution in [0.15, 0.2) is 0 Å². The van der Waals surface area contributed by atoms with Crippen molar-refractivity contribution < 1.29 is 47.8 Å². The van der Waals surface area contributed by atoms with Crippen LogP contribution in [0.1, 0.15) is 121 Å². The largest absolute Gasteiger partial charge is 0.467 e. The van der Waals surface area contributed by atoms with Crippen LogP contribution in [-0.4, -0.2) is 117 Å². The third-order valence-corrected chi connectivity index (χ3v) is 9.44. The molecule has 17 heteroatoms. The van der Waals surface area contributed by atoms with Gasteiger partial charge < -0.3 is 51.8 Å². The molecule has 0 saturated carbocycles. The molecule has 17 nitrogen and oxygen atoms in total. The first kappa shape index (κ1) is 52.2. The van der Waals surface area contributed by atoms with Crippen molar-refractivity contribution in [2.45, 2.75) is 162 Å². The summed E-state index contributed by atoms with van der Waals surface area (Å²) in [4.78, 5) is 94.6. The number of hydrogen-bond donors (Lipinski definition) is 7. The molecule has 1 fully saturated rings. The van der Waals surface area contributed by atoms with E-state index in [1.807, 2.05) is 55.4 Å². The molecule has 0 aromatic heterocycles. The van der Waals surface area contributed by atoms with Gasteiger partial charge in [-0.05, 0) is 82.5 Å². The zero-order valence-electron chi connectivity index (χ0n) is 36.9. The summed E-state index contributed by atoms with van der Waals surface area (Å²) in [5, 5.41) is 16.5. The molecule has 8 N–H and O–H groups in total. The molecule has 6 amide bonds. The number of nitrogens with two attached hydrogens (primary N) is 1. The van der Waals surface area contributed by atoms with E-state index in [4.69, 9.17) is 19.9 Å². The molecule has 1 aliphatic heterocycles. The van der Waals surface area contributed by atoms with Gasteiger partial charge in [-0.1, -0.05) is 55.4 Å². The van der Waals surface area contributed by atoms with E-state index in [1.54, 1.807) is 0 Å². The summed E-state index contributed by atoms with van der Waals surface area (Å²) in [6.07, 6.45) is 2.58. The second-order valence-corrected chi connectivity index (χ2v) is 17.5. The molecule has 1 rings (SSSR count). The molecule has 1 saturated heterocycles. The van der Waals surface area contributed by atoms with Crippen molar-refractivity contribution in [3.63, 3.8) is 0 Å². The molecule has 0 spiro atoms. The zero-order chi connectivity index (χ0) is 44.2. The van der Waals surface area contributed by atoms with Gasteiger partial charge in [-0.3, -0.25) is 28.8 Å². The van der Waals surface area contributed by atoms with Crippen molar-refractivity contribution in [3.8, 4) is 0 Å². The summed E-state index contributed by atoms with van der Waals surface area (Å²) in [5.41, 5.74) is 4.53. The van der Waals surface area contributed by atoms with E-state index < -0.39 is 83.2 Å². The highest BCUT2D eigenvalue weighted by molar-refractivity contribution is 5.98. The fraction of sp³-hybridized carbons (Fsp3) is 0.829. The Morgan fingerprint density at radius 3 is 1.76 bits per heavy atom. The predicted octanol–water partition coefficient (Wildman–Crippen LogP) is 1.60. The molecule has 0 bridgehead atoms. The number of methoxy groups -OCH3 is 1. The van der Waals surface area contributed by atoms with Gasteiger partial charge in [0.25, 0.3) is 0 Å². The zero-order valence-corrected chi connectivity index (χ0v) is 36.9. The molecule has 6 atom stereocenters. The fourth-order valence-electron chi connectivity index (χ4n) is 6.28. The first-order valence-corrected chi connectivity index (χ1v) is 20.9. The summed E-state index contributed by atoms with van der Waals surface area (Å²) in [7, 11) is 1.22. The van der Waals surface area contributed by atoms with Crippen LogP contribution in [0.3, 0.4) is 0 Å². The van der Waals surface area contributed by atoms with Crippen LogP contribution in [0.25, 0.3) is 0 Å². The normalized spacial score (nSPS) is 23.6.